The Balaban J connectivity index is 2.76. The highest BCUT2D eigenvalue weighted by molar-refractivity contribution is 5.87. The Bertz CT molecular complexity index is 385. The molecular formula is C12H21N3O4. The summed E-state index contributed by atoms with van der Waals surface area (Å²) < 4.78 is 0. The number of nitrogens with one attached hydrogen (secondary N) is 1. The van der Waals surface area contributed by atoms with Gasteiger partial charge in [-0.2, -0.15) is 0 Å². The molecular weight excluding hydrogens is 250 g/mol. The number of likely N-dealkylation sites (tertiary alicyclic amines) is 1. The van der Waals surface area contributed by atoms with Crippen LogP contribution >= 0.6 is 0 Å². The van der Waals surface area contributed by atoms with Crippen molar-refractivity contribution in [1.82, 2.24) is 10.2 Å². The molecule has 3 amide bonds. The van der Waals surface area contributed by atoms with Gasteiger partial charge in [0.2, 0.25) is 5.91 Å². The van der Waals surface area contributed by atoms with E-state index in [0.717, 1.165) is 0 Å². The second-order valence-corrected chi connectivity index (χ2v) is 5.03. The molecule has 0 bridgehead atoms. The molecule has 0 aromatic rings. The molecule has 7 nitrogen and oxygen atoms in total. The molecule has 0 radical (unpaired) electrons. The topological polar surface area (TPSA) is 113 Å². The molecule has 0 aliphatic carbocycles. The normalized spacial score (nSPS) is 24.6. The fourth-order valence-electron chi connectivity index (χ4n) is 2.48. The Hall–Kier alpha value is -1.79. The molecule has 0 saturated carbocycles. The number of rotatable bonds is 4. The summed E-state index contributed by atoms with van der Waals surface area (Å²) in [5.41, 5.74) is 4.10. The van der Waals surface area contributed by atoms with Gasteiger partial charge in [0.05, 0.1) is 5.41 Å². The molecule has 108 valence electrons. The first-order chi connectivity index (χ1) is 8.82. The zero-order valence-corrected chi connectivity index (χ0v) is 11.3. The van der Waals surface area contributed by atoms with E-state index in [1.54, 1.807) is 0 Å². The minimum atomic E-state index is -0.875. The fraction of sp³-hybridized carbons (Fsp3) is 0.750. The van der Waals surface area contributed by atoms with Gasteiger partial charge >= 0.3 is 12.0 Å². The minimum absolute atomic E-state index is 0.183. The van der Waals surface area contributed by atoms with Crippen LogP contribution in [0.2, 0.25) is 0 Å². The number of carboxylic acids is 1. The summed E-state index contributed by atoms with van der Waals surface area (Å²) in [5.74, 6) is -1.17. The van der Waals surface area contributed by atoms with Gasteiger partial charge in [-0.05, 0) is 26.2 Å². The smallest absolute Gasteiger partial charge is 0.312 e. The van der Waals surface area contributed by atoms with Crippen molar-refractivity contribution >= 4 is 17.9 Å². The van der Waals surface area contributed by atoms with Crippen molar-refractivity contribution < 1.29 is 19.5 Å². The quantitative estimate of drug-likeness (QED) is 0.675. The van der Waals surface area contributed by atoms with Crippen molar-refractivity contribution in [3.05, 3.63) is 0 Å². The monoisotopic (exact) mass is 271 g/mol. The van der Waals surface area contributed by atoms with E-state index in [4.69, 9.17) is 5.73 Å². The van der Waals surface area contributed by atoms with Gasteiger partial charge in [-0.15, -0.1) is 0 Å². The number of aliphatic carboxylic acids is 1. The Kier molecular flexibility index (Phi) is 4.74. The summed E-state index contributed by atoms with van der Waals surface area (Å²) >= 11 is 0. The van der Waals surface area contributed by atoms with Crippen LogP contribution in [0.3, 0.4) is 0 Å². The zero-order chi connectivity index (χ0) is 14.6. The number of piperidine rings is 1. The number of carbonyl (C=O) groups is 3. The second-order valence-electron chi connectivity index (χ2n) is 5.03. The van der Waals surface area contributed by atoms with Crippen molar-refractivity contribution in [3.63, 3.8) is 0 Å². The number of carbonyl (C=O) groups excluding carboxylic acids is 2. The predicted octanol–water partition coefficient (Wildman–Crippen LogP) is 0.147. The van der Waals surface area contributed by atoms with Crippen LogP contribution in [0, 0.1) is 5.41 Å². The number of primary amides is 1. The summed E-state index contributed by atoms with van der Waals surface area (Å²) in [7, 11) is 0. The van der Waals surface area contributed by atoms with E-state index in [-0.39, 0.29) is 12.5 Å². The first-order valence-corrected chi connectivity index (χ1v) is 6.40. The maximum absolute atomic E-state index is 12.1. The lowest BCUT2D eigenvalue weighted by Crippen LogP contribution is -2.55. The number of hydrogen-bond acceptors (Lipinski definition) is 3. The lowest BCUT2D eigenvalue weighted by Gasteiger charge is -2.40. The first kappa shape index (κ1) is 15.3. The number of urea groups is 1. The SMILES string of the molecule is CCC1(C(=O)O)CCCN(C(=O)C(C)NC(N)=O)C1. The van der Waals surface area contributed by atoms with Gasteiger partial charge in [0.1, 0.15) is 6.04 Å². The van der Waals surface area contributed by atoms with Crippen molar-refractivity contribution in [3.8, 4) is 0 Å². The molecule has 7 heteroatoms. The van der Waals surface area contributed by atoms with E-state index in [2.05, 4.69) is 5.32 Å². The average Bonchev–Trinajstić information content (AvgIpc) is 2.36. The van der Waals surface area contributed by atoms with Gasteiger partial charge in [0, 0.05) is 13.1 Å². The number of amides is 3. The first-order valence-electron chi connectivity index (χ1n) is 6.40. The zero-order valence-electron chi connectivity index (χ0n) is 11.3. The fourth-order valence-corrected chi connectivity index (χ4v) is 2.48. The number of nitrogens with two attached hydrogens (primary N) is 1. The predicted molar refractivity (Wildman–Crippen MR) is 68.4 cm³/mol. The Morgan fingerprint density at radius 2 is 2.11 bits per heavy atom. The molecule has 1 fully saturated rings. The van der Waals surface area contributed by atoms with Crippen LogP contribution in [0.25, 0.3) is 0 Å². The highest BCUT2D eigenvalue weighted by Crippen LogP contribution is 2.33. The molecule has 1 aliphatic rings. The van der Waals surface area contributed by atoms with E-state index < -0.39 is 23.5 Å². The van der Waals surface area contributed by atoms with Crippen LogP contribution in [0.5, 0.6) is 0 Å². The van der Waals surface area contributed by atoms with Crippen LogP contribution in [-0.2, 0) is 9.59 Å². The number of hydrogen-bond donors (Lipinski definition) is 3. The lowest BCUT2D eigenvalue weighted by molar-refractivity contribution is -0.155. The second kappa shape index (κ2) is 5.90. The standard InChI is InChI=1S/C12H21N3O4/c1-3-12(10(17)18)5-4-6-15(7-12)9(16)8(2)14-11(13)19/h8H,3-7H2,1-2H3,(H,17,18)(H3,13,14,19). The van der Waals surface area contributed by atoms with Gasteiger partial charge in [-0.1, -0.05) is 6.92 Å². The molecule has 2 atom stereocenters. The molecule has 19 heavy (non-hydrogen) atoms. The number of carboxylic acid groups (broad SMARTS) is 1. The third-order valence-electron chi connectivity index (χ3n) is 3.75. The van der Waals surface area contributed by atoms with Gasteiger partial charge in [-0.25, -0.2) is 4.79 Å². The molecule has 0 spiro atoms. The molecule has 0 aromatic carbocycles. The van der Waals surface area contributed by atoms with E-state index in [1.165, 1.54) is 11.8 Å². The van der Waals surface area contributed by atoms with Gasteiger partial charge in [-0.3, -0.25) is 9.59 Å². The van der Waals surface area contributed by atoms with Crippen LogP contribution < -0.4 is 11.1 Å². The maximum atomic E-state index is 12.1. The van der Waals surface area contributed by atoms with E-state index >= 15 is 0 Å². The molecule has 2 unspecified atom stereocenters. The average molecular weight is 271 g/mol. The van der Waals surface area contributed by atoms with Crippen molar-refractivity contribution in [2.45, 2.75) is 39.2 Å². The minimum Gasteiger partial charge on any atom is -0.481 e. The molecule has 1 saturated heterocycles. The Labute approximate surface area is 112 Å². The van der Waals surface area contributed by atoms with Crippen molar-refractivity contribution in [2.24, 2.45) is 11.1 Å². The lowest BCUT2D eigenvalue weighted by atomic mass is 9.77. The largest absolute Gasteiger partial charge is 0.481 e. The van der Waals surface area contributed by atoms with Gasteiger partial charge in [0.25, 0.3) is 0 Å². The maximum Gasteiger partial charge on any atom is 0.312 e. The van der Waals surface area contributed by atoms with Crippen LogP contribution in [0.4, 0.5) is 4.79 Å². The molecule has 1 aliphatic heterocycles. The Morgan fingerprint density at radius 1 is 1.47 bits per heavy atom. The van der Waals surface area contributed by atoms with E-state index in [0.29, 0.717) is 25.8 Å². The molecule has 4 N–H and O–H groups in total. The summed E-state index contributed by atoms with van der Waals surface area (Å²) in [6, 6.07) is -1.50. The highest BCUT2D eigenvalue weighted by Gasteiger charge is 2.42. The molecule has 0 aromatic heterocycles. The van der Waals surface area contributed by atoms with E-state index in [9.17, 15) is 19.5 Å². The summed E-state index contributed by atoms with van der Waals surface area (Å²) in [5, 5.41) is 11.7. The third-order valence-corrected chi connectivity index (χ3v) is 3.75. The van der Waals surface area contributed by atoms with Crippen LogP contribution in [0.1, 0.15) is 33.1 Å². The number of nitrogens with zero attached hydrogens (tertiary/aromatic N) is 1. The van der Waals surface area contributed by atoms with Gasteiger partial charge < -0.3 is 21.1 Å². The highest BCUT2D eigenvalue weighted by atomic mass is 16.4. The molecule has 1 heterocycles. The van der Waals surface area contributed by atoms with E-state index in [1.807, 2.05) is 6.92 Å². The summed E-state index contributed by atoms with van der Waals surface area (Å²) in [6.45, 7) is 4.05. The summed E-state index contributed by atoms with van der Waals surface area (Å²) in [4.78, 5) is 35.8. The van der Waals surface area contributed by atoms with Crippen molar-refractivity contribution in [2.75, 3.05) is 13.1 Å². The van der Waals surface area contributed by atoms with Crippen LogP contribution in [0.15, 0.2) is 0 Å². The third kappa shape index (κ3) is 3.36. The van der Waals surface area contributed by atoms with Crippen molar-refractivity contribution in [1.29, 1.82) is 0 Å². The summed E-state index contributed by atoms with van der Waals surface area (Å²) in [6.07, 6.45) is 1.69. The Morgan fingerprint density at radius 3 is 2.58 bits per heavy atom. The van der Waals surface area contributed by atoms with Crippen LogP contribution in [-0.4, -0.2) is 47.0 Å². The molecule has 1 rings (SSSR count). The van der Waals surface area contributed by atoms with Gasteiger partial charge in [0.15, 0.2) is 0 Å².